The molecule has 0 aliphatic carbocycles. The number of carbonyl (C=O) groups excluding carboxylic acids is 2. The number of phosphoric acid groups is 1. The van der Waals surface area contributed by atoms with Gasteiger partial charge in [-0.1, -0.05) is 199 Å². The molecule has 2 atom stereocenters. The second kappa shape index (κ2) is 42.1. The van der Waals surface area contributed by atoms with Crippen LogP contribution in [0.1, 0.15) is 239 Å². The first-order valence-electron chi connectivity index (χ1n) is 24.9. The van der Waals surface area contributed by atoms with Gasteiger partial charge in [0, 0.05) is 12.8 Å². The Balaban J connectivity index is 4.16. The molecule has 0 heterocycles. The minimum absolute atomic E-state index is 0.0337. The summed E-state index contributed by atoms with van der Waals surface area (Å²) in [5.74, 6) is -0.796. The van der Waals surface area contributed by atoms with E-state index in [0.717, 1.165) is 51.4 Å². The van der Waals surface area contributed by atoms with E-state index in [4.69, 9.17) is 18.5 Å². The fourth-order valence-corrected chi connectivity index (χ4v) is 7.87. The molecule has 0 bridgehead atoms. The fourth-order valence-electron chi connectivity index (χ4n) is 7.13. The Morgan fingerprint density at radius 3 is 1.29 bits per heavy atom. The van der Waals surface area contributed by atoms with E-state index in [2.05, 4.69) is 26.0 Å². The summed E-state index contributed by atoms with van der Waals surface area (Å²) in [5, 5.41) is 0. The molecule has 0 aliphatic heterocycles. The maximum absolute atomic E-state index is 12.7. The topological polar surface area (TPSA) is 108 Å². The van der Waals surface area contributed by atoms with Crippen molar-refractivity contribution in [2.75, 3.05) is 47.5 Å². The van der Waals surface area contributed by atoms with Gasteiger partial charge in [0.15, 0.2) is 6.10 Å². The van der Waals surface area contributed by atoms with Gasteiger partial charge in [-0.15, -0.1) is 0 Å². The van der Waals surface area contributed by atoms with Crippen LogP contribution < -0.4 is 0 Å². The third-order valence-corrected chi connectivity index (χ3v) is 12.0. The van der Waals surface area contributed by atoms with Crippen molar-refractivity contribution < 1.29 is 42.1 Å². The highest BCUT2D eigenvalue weighted by molar-refractivity contribution is 7.47. The lowest BCUT2D eigenvalue weighted by molar-refractivity contribution is -0.870. The summed E-state index contributed by atoms with van der Waals surface area (Å²) in [4.78, 5) is 35.4. The number of rotatable bonds is 46. The molecule has 0 fully saturated rings. The standard InChI is InChI=1S/C49H96NO8P/c1-6-8-10-12-14-16-18-20-21-22-23-24-25-26-27-28-29-30-32-34-36-38-40-42-49(52)58-47(46-57-59(53,54)56-44-43-50(3,4)5)45-55-48(51)41-39-37-35-33-31-19-17-15-13-11-9-7-2/h15,17,47H,6-14,16,18-46H2,1-5H3/p+1/b17-15+/t47-/m1/s1. The summed E-state index contributed by atoms with van der Waals surface area (Å²) in [7, 11) is 1.48. The van der Waals surface area contributed by atoms with Crippen molar-refractivity contribution in [1.82, 2.24) is 0 Å². The summed E-state index contributed by atoms with van der Waals surface area (Å²) in [5.41, 5.74) is 0. The number of carbonyl (C=O) groups is 2. The van der Waals surface area contributed by atoms with Crippen molar-refractivity contribution in [2.45, 2.75) is 245 Å². The lowest BCUT2D eigenvalue weighted by atomic mass is 10.0. The van der Waals surface area contributed by atoms with E-state index in [1.807, 2.05) is 21.1 Å². The highest BCUT2D eigenvalue weighted by atomic mass is 31.2. The Morgan fingerprint density at radius 2 is 0.864 bits per heavy atom. The van der Waals surface area contributed by atoms with Gasteiger partial charge >= 0.3 is 19.8 Å². The molecule has 0 saturated carbocycles. The highest BCUT2D eigenvalue weighted by Crippen LogP contribution is 2.43. The van der Waals surface area contributed by atoms with Gasteiger partial charge in [0.1, 0.15) is 19.8 Å². The summed E-state index contributed by atoms with van der Waals surface area (Å²) in [6.45, 7) is 4.43. The van der Waals surface area contributed by atoms with Crippen LogP contribution in [0.4, 0.5) is 0 Å². The van der Waals surface area contributed by atoms with E-state index in [9.17, 15) is 19.0 Å². The van der Waals surface area contributed by atoms with Gasteiger partial charge < -0.3 is 18.9 Å². The highest BCUT2D eigenvalue weighted by Gasteiger charge is 2.27. The Hall–Kier alpha value is -1.25. The Kier molecular flexibility index (Phi) is 41.2. The largest absolute Gasteiger partial charge is 0.472 e. The van der Waals surface area contributed by atoms with Gasteiger partial charge in [0.2, 0.25) is 0 Å². The third kappa shape index (κ3) is 46.1. The number of hydrogen-bond acceptors (Lipinski definition) is 7. The maximum Gasteiger partial charge on any atom is 0.472 e. The second-order valence-electron chi connectivity index (χ2n) is 18.2. The summed E-state index contributed by atoms with van der Waals surface area (Å²) >= 11 is 0. The predicted molar refractivity (Wildman–Crippen MR) is 248 cm³/mol. The van der Waals surface area contributed by atoms with E-state index in [0.29, 0.717) is 17.4 Å². The molecular formula is C49H97NO8P+. The van der Waals surface area contributed by atoms with Crippen LogP contribution in [0.2, 0.25) is 0 Å². The quantitative estimate of drug-likeness (QED) is 0.0212. The van der Waals surface area contributed by atoms with Crippen LogP contribution in [0.25, 0.3) is 0 Å². The van der Waals surface area contributed by atoms with Crippen LogP contribution in [-0.2, 0) is 32.7 Å². The van der Waals surface area contributed by atoms with Gasteiger partial charge in [-0.05, 0) is 38.5 Å². The first-order valence-corrected chi connectivity index (χ1v) is 26.4. The molecule has 0 aromatic heterocycles. The molecule has 9 nitrogen and oxygen atoms in total. The van der Waals surface area contributed by atoms with Crippen molar-refractivity contribution in [3.05, 3.63) is 12.2 Å². The average Bonchev–Trinajstić information content (AvgIpc) is 3.19. The first-order chi connectivity index (χ1) is 28.5. The van der Waals surface area contributed by atoms with Gasteiger partial charge in [-0.2, -0.15) is 0 Å². The van der Waals surface area contributed by atoms with E-state index >= 15 is 0 Å². The van der Waals surface area contributed by atoms with E-state index in [-0.39, 0.29) is 32.0 Å². The Bertz CT molecular complexity index is 1020. The van der Waals surface area contributed by atoms with Crippen molar-refractivity contribution in [3.63, 3.8) is 0 Å². The number of likely N-dealkylation sites (N-methyl/N-ethyl adjacent to an activating group) is 1. The number of ether oxygens (including phenoxy) is 2. The smallest absolute Gasteiger partial charge is 0.462 e. The van der Waals surface area contributed by atoms with Crippen molar-refractivity contribution in [3.8, 4) is 0 Å². The van der Waals surface area contributed by atoms with Crippen LogP contribution in [0.3, 0.4) is 0 Å². The molecule has 0 spiro atoms. The molecule has 0 radical (unpaired) electrons. The van der Waals surface area contributed by atoms with E-state index in [1.54, 1.807) is 0 Å². The predicted octanol–water partition coefficient (Wildman–Crippen LogP) is 14.5. The molecule has 0 amide bonds. The first kappa shape index (κ1) is 57.8. The van der Waals surface area contributed by atoms with Crippen molar-refractivity contribution >= 4 is 19.8 Å². The number of hydrogen-bond donors (Lipinski definition) is 1. The average molecular weight is 859 g/mol. The molecule has 0 aromatic carbocycles. The number of nitrogens with zero attached hydrogens (tertiary/aromatic N) is 1. The molecule has 10 heteroatoms. The number of unbranched alkanes of at least 4 members (excludes halogenated alkanes) is 30. The monoisotopic (exact) mass is 859 g/mol. The molecule has 0 saturated heterocycles. The summed E-state index contributed by atoms with van der Waals surface area (Å²) in [6.07, 6.45) is 45.6. The molecule has 0 rings (SSSR count). The SMILES string of the molecule is CCCCC/C=C/CCCCCCCC(=O)OC[C@H](COP(=O)(O)OCC[N+](C)(C)C)OC(=O)CCCCCCCCCCCCCCCCCCCCCCCCC. The molecule has 0 aliphatic rings. The van der Waals surface area contributed by atoms with Crippen molar-refractivity contribution in [1.29, 1.82) is 0 Å². The molecule has 350 valence electrons. The zero-order valence-corrected chi connectivity index (χ0v) is 40.4. The minimum Gasteiger partial charge on any atom is -0.462 e. The number of esters is 2. The normalized spacial score (nSPS) is 13.5. The minimum atomic E-state index is -4.37. The maximum atomic E-state index is 12.7. The van der Waals surface area contributed by atoms with Crippen LogP contribution >= 0.6 is 7.82 Å². The Morgan fingerprint density at radius 1 is 0.508 bits per heavy atom. The molecule has 59 heavy (non-hydrogen) atoms. The van der Waals surface area contributed by atoms with Crippen molar-refractivity contribution in [2.24, 2.45) is 0 Å². The van der Waals surface area contributed by atoms with Gasteiger partial charge in [0.25, 0.3) is 0 Å². The number of phosphoric ester groups is 1. The lowest BCUT2D eigenvalue weighted by Crippen LogP contribution is -2.37. The third-order valence-electron chi connectivity index (χ3n) is 11.0. The number of quaternary nitrogens is 1. The van der Waals surface area contributed by atoms with Gasteiger partial charge in [-0.3, -0.25) is 18.6 Å². The summed E-state index contributed by atoms with van der Waals surface area (Å²) < 4.78 is 34.4. The fraction of sp³-hybridized carbons (Fsp3) is 0.918. The molecule has 0 aromatic rings. The van der Waals surface area contributed by atoms with Crippen LogP contribution in [0.15, 0.2) is 12.2 Å². The Labute approximate surface area is 365 Å². The van der Waals surface area contributed by atoms with E-state index in [1.165, 1.54) is 154 Å². The zero-order chi connectivity index (χ0) is 43.6. The van der Waals surface area contributed by atoms with Crippen LogP contribution in [0, 0.1) is 0 Å². The zero-order valence-electron chi connectivity index (χ0n) is 39.5. The summed E-state index contributed by atoms with van der Waals surface area (Å²) in [6, 6.07) is 0. The van der Waals surface area contributed by atoms with Gasteiger partial charge in [-0.25, -0.2) is 4.57 Å². The molecular weight excluding hydrogens is 762 g/mol. The molecule has 1 unspecified atom stereocenters. The second-order valence-corrected chi connectivity index (χ2v) is 19.7. The lowest BCUT2D eigenvalue weighted by Gasteiger charge is -2.24. The molecule has 1 N–H and O–H groups in total. The number of allylic oxidation sites excluding steroid dienone is 2. The van der Waals surface area contributed by atoms with E-state index < -0.39 is 26.5 Å². The van der Waals surface area contributed by atoms with Crippen LogP contribution in [-0.4, -0.2) is 74.9 Å². The van der Waals surface area contributed by atoms with Crippen LogP contribution in [0.5, 0.6) is 0 Å². The van der Waals surface area contributed by atoms with Gasteiger partial charge in [0.05, 0.1) is 27.7 Å².